The second kappa shape index (κ2) is 5.87. The predicted molar refractivity (Wildman–Crippen MR) is 88.9 cm³/mol. The maximum absolute atomic E-state index is 11.7. The second-order valence-corrected chi connectivity index (χ2v) is 7.11. The van der Waals surface area contributed by atoms with Gasteiger partial charge in [0.2, 0.25) is 0 Å². The highest BCUT2D eigenvalue weighted by Gasteiger charge is 2.25. The van der Waals surface area contributed by atoms with Crippen LogP contribution in [0.1, 0.15) is 33.3 Å². The molecule has 0 saturated carbocycles. The second-order valence-electron chi connectivity index (χ2n) is 4.94. The van der Waals surface area contributed by atoms with Crippen LogP contribution >= 0.6 is 34.5 Å². The SMILES string of the molecule is CNC(=O)c1ccc(Cl)c(NC2CCc3sc(Cl)cc32)c1. The highest BCUT2D eigenvalue weighted by atomic mass is 35.5. The van der Waals surface area contributed by atoms with E-state index in [-0.39, 0.29) is 11.9 Å². The number of aryl methyl sites for hydroxylation is 1. The smallest absolute Gasteiger partial charge is 0.251 e. The lowest BCUT2D eigenvalue weighted by molar-refractivity contribution is 0.0963. The Morgan fingerprint density at radius 1 is 1.33 bits per heavy atom. The zero-order valence-electron chi connectivity index (χ0n) is 11.4. The summed E-state index contributed by atoms with van der Waals surface area (Å²) >= 11 is 13.9. The van der Waals surface area contributed by atoms with Crippen LogP contribution in [0.2, 0.25) is 9.36 Å². The van der Waals surface area contributed by atoms with Crippen molar-refractivity contribution in [3.05, 3.63) is 49.6 Å². The standard InChI is InChI=1S/C15H14Cl2N2OS/c1-18-15(20)8-2-3-10(16)12(6-8)19-11-4-5-13-9(11)7-14(17)21-13/h2-3,6-7,11,19H,4-5H2,1H3,(H,18,20). The summed E-state index contributed by atoms with van der Waals surface area (Å²) in [6.07, 6.45) is 2.04. The molecule has 1 unspecified atom stereocenters. The van der Waals surface area contributed by atoms with E-state index in [9.17, 15) is 4.79 Å². The Hall–Kier alpha value is -1.23. The minimum absolute atomic E-state index is 0.125. The van der Waals surface area contributed by atoms with Crippen LogP contribution in [0.5, 0.6) is 0 Å². The number of anilines is 1. The molecule has 1 aliphatic rings. The molecule has 0 fully saturated rings. The first-order valence-corrected chi connectivity index (χ1v) is 8.22. The number of hydrogen-bond acceptors (Lipinski definition) is 3. The first-order chi connectivity index (χ1) is 10.1. The van der Waals surface area contributed by atoms with Gasteiger partial charge in [-0.05, 0) is 42.7 Å². The van der Waals surface area contributed by atoms with Crippen molar-refractivity contribution in [3.8, 4) is 0 Å². The van der Waals surface area contributed by atoms with E-state index in [1.54, 1.807) is 36.6 Å². The molecule has 1 aromatic heterocycles. The Balaban J connectivity index is 1.87. The van der Waals surface area contributed by atoms with Gasteiger partial charge in [-0.15, -0.1) is 11.3 Å². The largest absolute Gasteiger partial charge is 0.377 e. The molecule has 3 nitrogen and oxygen atoms in total. The fourth-order valence-corrected chi connectivity index (χ4v) is 4.12. The number of carbonyl (C=O) groups excluding carboxylic acids is 1. The van der Waals surface area contributed by atoms with Gasteiger partial charge < -0.3 is 10.6 Å². The van der Waals surface area contributed by atoms with Gasteiger partial charge in [-0.1, -0.05) is 23.2 Å². The van der Waals surface area contributed by atoms with E-state index in [0.717, 1.165) is 22.9 Å². The number of hydrogen-bond donors (Lipinski definition) is 2. The van der Waals surface area contributed by atoms with Crippen LogP contribution in [-0.4, -0.2) is 13.0 Å². The van der Waals surface area contributed by atoms with Crippen molar-refractivity contribution < 1.29 is 4.79 Å². The summed E-state index contributed by atoms with van der Waals surface area (Å²) in [6.45, 7) is 0. The lowest BCUT2D eigenvalue weighted by atomic mass is 10.1. The minimum atomic E-state index is -0.125. The average Bonchev–Trinajstić information content (AvgIpc) is 3.00. The zero-order chi connectivity index (χ0) is 15.0. The van der Waals surface area contributed by atoms with Crippen molar-refractivity contribution in [2.75, 3.05) is 12.4 Å². The number of nitrogens with one attached hydrogen (secondary N) is 2. The van der Waals surface area contributed by atoms with Gasteiger partial charge in [0.15, 0.2) is 0 Å². The van der Waals surface area contributed by atoms with Gasteiger partial charge in [0.25, 0.3) is 5.91 Å². The molecule has 2 N–H and O–H groups in total. The van der Waals surface area contributed by atoms with Gasteiger partial charge >= 0.3 is 0 Å². The predicted octanol–water partition coefficient (Wildman–Crippen LogP) is 4.51. The number of rotatable bonds is 3. The van der Waals surface area contributed by atoms with E-state index < -0.39 is 0 Å². The average molecular weight is 341 g/mol. The van der Waals surface area contributed by atoms with Crippen molar-refractivity contribution in [1.29, 1.82) is 0 Å². The molecule has 1 amide bonds. The van der Waals surface area contributed by atoms with E-state index in [2.05, 4.69) is 10.6 Å². The topological polar surface area (TPSA) is 41.1 Å². The summed E-state index contributed by atoms with van der Waals surface area (Å²) < 4.78 is 0.816. The van der Waals surface area contributed by atoms with Gasteiger partial charge in [0, 0.05) is 17.5 Å². The maximum atomic E-state index is 11.7. The van der Waals surface area contributed by atoms with Crippen LogP contribution in [0.4, 0.5) is 5.69 Å². The van der Waals surface area contributed by atoms with E-state index in [0.29, 0.717) is 10.6 Å². The molecule has 0 bridgehead atoms. The molecule has 0 spiro atoms. The third-order valence-corrected chi connectivity index (χ3v) is 5.30. The third kappa shape index (κ3) is 2.89. The van der Waals surface area contributed by atoms with E-state index in [1.807, 2.05) is 6.07 Å². The Morgan fingerprint density at radius 3 is 2.90 bits per heavy atom. The lowest BCUT2D eigenvalue weighted by Crippen LogP contribution is -2.18. The van der Waals surface area contributed by atoms with Crippen LogP contribution in [0, 0.1) is 0 Å². The number of benzene rings is 1. The van der Waals surface area contributed by atoms with Crippen molar-refractivity contribution in [1.82, 2.24) is 5.32 Å². The highest BCUT2D eigenvalue weighted by molar-refractivity contribution is 7.16. The summed E-state index contributed by atoms with van der Waals surface area (Å²) in [6, 6.07) is 7.45. The Kier molecular flexibility index (Phi) is 4.11. The normalized spacial score (nSPS) is 16.6. The van der Waals surface area contributed by atoms with E-state index in [1.165, 1.54) is 10.4 Å². The molecule has 0 aliphatic heterocycles. The number of halogens is 2. The molecule has 6 heteroatoms. The molecular formula is C15H14Cl2N2OS. The summed E-state index contributed by atoms with van der Waals surface area (Å²) in [4.78, 5) is 13.0. The Morgan fingerprint density at radius 2 is 2.14 bits per heavy atom. The van der Waals surface area contributed by atoms with E-state index >= 15 is 0 Å². The van der Waals surface area contributed by atoms with Crippen LogP contribution in [0.25, 0.3) is 0 Å². The van der Waals surface area contributed by atoms with Gasteiger partial charge in [0.05, 0.1) is 21.1 Å². The summed E-state index contributed by atoms with van der Waals surface area (Å²) in [5, 5.41) is 6.66. The molecule has 1 atom stereocenters. The number of amides is 1. The van der Waals surface area contributed by atoms with Gasteiger partial charge in [0.1, 0.15) is 0 Å². The number of thiophene rings is 1. The van der Waals surface area contributed by atoms with Crippen molar-refractivity contribution in [2.24, 2.45) is 0 Å². The summed E-state index contributed by atoms with van der Waals surface area (Å²) in [5.41, 5.74) is 2.61. The maximum Gasteiger partial charge on any atom is 0.251 e. The van der Waals surface area contributed by atoms with Crippen LogP contribution < -0.4 is 10.6 Å². The first kappa shape index (κ1) is 14.7. The molecule has 0 radical (unpaired) electrons. The minimum Gasteiger partial charge on any atom is -0.377 e. The van der Waals surface area contributed by atoms with E-state index in [4.69, 9.17) is 23.2 Å². The lowest BCUT2D eigenvalue weighted by Gasteiger charge is -2.16. The van der Waals surface area contributed by atoms with Gasteiger partial charge in [-0.25, -0.2) is 0 Å². The molecule has 1 aromatic carbocycles. The summed E-state index contributed by atoms with van der Waals surface area (Å²) in [5.74, 6) is -0.125. The fraction of sp³-hybridized carbons (Fsp3) is 0.267. The number of fused-ring (bicyclic) bond motifs is 1. The highest BCUT2D eigenvalue weighted by Crippen LogP contribution is 2.41. The molecule has 1 aliphatic carbocycles. The molecule has 1 heterocycles. The monoisotopic (exact) mass is 340 g/mol. The van der Waals surface area contributed by atoms with Crippen molar-refractivity contribution in [3.63, 3.8) is 0 Å². The number of carbonyl (C=O) groups is 1. The molecule has 0 saturated heterocycles. The van der Waals surface area contributed by atoms with Crippen LogP contribution in [0.3, 0.4) is 0 Å². The molecular weight excluding hydrogens is 327 g/mol. The van der Waals surface area contributed by atoms with Gasteiger partial charge in [-0.3, -0.25) is 4.79 Å². The zero-order valence-corrected chi connectivity index (χ0v) is 13.7. The van der Waals surface area contributed by atoms with Gasteiger partial charge in [-0.2, -0.15) is 0 Å². The molecule has 110 valence electrons. The quantitative estimate of drug-likeness (QED) is 0.862. The Bertz CT molecular complexity index is 699. The third-order valence-electron chi connectivity index (χ3n) is 3.63. The van der Waals surface area contributed by atoms with Crippen LogP contribution in [-0.2, 0) is 6.42 Å². The summed E-state index contributed by atoms with van der Waals surface area (Å²) in [7, 11) is 1.61. The first-order valence-electron chi connectivity index (χ1n) is 6.64. The molecule has 2 aromatic rings. The fourth-order valence-electron chi connectivity index (χ4n) is 2.59. The molecule has 3 rings (SSSR count). The molecule has 21 heavy (non-hydrogen) atoms. The van der Waals surface area contributed by atoms with Crippen LogP contribution in [0.15, 0.2) is 24.3 Å². The Labute approximate surface area is 137 Å². The van der Waals surface area contributed by atoms with Crippen molar-refractivity contribution >= 4 is 46.1 Å². The van der Waals surface area contributed by atoms with Crippen molar-refractivity contribution in [2.45, 2.75) is 18.9 Å².